The van der Waals surface area contributed by atoms with Crippen LogP contribution in [0.25, 0.3) is 0 Å². The summed E-state index contributed by atoms with van der Waals surface area (Å²) in [5.41, 5.74) is 2.29. The van der Waals surface area contributed by atoms with Gasteiger partial charge < -0.3 is 5.32 Å². The molecule has 0 aliphatic carbocycles. The summed E-state index contributed by atoms with van der Waals surface area (Å²) in [6.45, 7) is 6.42. The van der Waals surface area contributed by atoms with Crippen molar-refractivity contribution in [2.45, 2.75) is 39.7 Å². The molecule has 0 atom stereocenters. The molecule has 0 spiro atoms. The highest BCUT2D eigenvalue weighted by molar-refractivity contribution is 6.31. The zero-order valence-electron chi connectivity index (χ0n) is 9.10. The van der Waals surface area contributed by atoms with Gasteiger partial charge in [0, 0.05) is 16.8 Å². The number of rotatable bonds is 4. The molecule has 78 valence electrons. The molecule has 14 heavy (non-hydrogen) atoms. The summed E-state index contributed by atoms with van der Waals surface area (Å²) in [6, 6.07) is 6.64. The van der Waals surface area contributed by atoms with Crippen LogP contribution in [0.2, 0.25) is 5.02 Å². The third-order valence-electron chi connectivity index (χ3n) is 2.51. The average molecular weight is 212 g/mol. The van der Waals surface area contributed by atoms with Crippen LogP contribution in [0.4, 0.5) is 5.69 Å². The summed E-state index contributed by atoms with van der Waals surface area (Å²) < 4.78 is 0. The lowest BCUT2D eigenvalue weighted by Gasteiger charge is -2.16. The maximum Gasteiger partial charge on any atom is 0.0436 e. The van der Waals surface area contributed by atoms with E-state index in [1.165, 1.54) is 5.69 Å². The first-order valence-electron chi connectivity index (χ1n) is 5.20. The van der Waals surface area contributed by atoms with Gasteiger partial charge in [-0.1, -0.05) is 25.4 Å². The number of aryl methyl sites for hydroxylation is 1. The SMILES string of the molecule is CCC(CC)Nc1ccc(Cl)c(C)c1. The molecule has 1 aromatic rings. The normalized spacial score (nSPS) is 10.6. The molecule has 1 N–H and O–H groups in total. The van der Waals surface area contributed by atoms with E-state index in [2.05, 4.69) is 25.2 Å². The third-order valence-corrected chi connectivity index (χ3v) is 2.94. The molecule has 2 heteroatoms. The van der Waals surface area contributed by atoms with Crippen molar-refractivity contribution in [1.82, 2.24) is 0 Å². The number of halogens is 1. The molecule has 0 aliphatic rings. The van der Waals surface area contributed by atoms with E-state index in [1.807, 2.05) is 19.1 Å². The van der Waals surface area contributed by atoms with Crippen LogP contribution in [-0.4, -0.2) is 6.04 Å². The zero-order chi connectivity index (χ0) is 10.6. The molecule has 0 bridgehead atoms. The Balaban J connectivity index is 2.72. The molecule has 0 saturated heterocycles. The van der Waals surface area contributed by atoms with Crippen LogP contribution in [-0.2, 0) is 0 Å². The molecule has 0 amide bonds. The van der Waals surface area contributed by atoms with Crippen molar-refractivity contribution in [2.75, 3.05) is 5.32 Å². The van der Waals surface area contributed by atoms with Gasteiger partial charge in [0.15, 0.2) is 0 Å². The van der Waals surface area contributed by atoms with Gasteiger partial charge in [0.2, 0.25) is 0 Å². The Bertz CT molecular complexity index is 292. The van der Waals surface area contributed by atoms with Crippen LogP contribution in [0, 0.1) is 6.92 Å². The minimum atomic E-state index is 0.565. The summed E-state index contributed by atoms with van der Waals surface area (Å²) >= 11 is 5.96. The number of hydrogen-bond donors (Lipinski definition) is 1. The highest BCUT2D eigenvalue weighted by Crippen LogP contribution is 2.20. The first-order valence-corrected chi connectivity index (χ1v) is 5.57. The molecule has 1 rings (SSSR count). The van der Waals surface area contributed by atoms with Gasteiger partial charge in [-0.25, -0.2) is 0 Å². The molecular weight excluding hydrogens is 194 g/mol. The Hall–Kier alpha value is -0.690. The quantitative estimate of drug-likeness (QED) is 0.785. The lowest BCUT2D eigenvalue weighted by molar-refractivity contribution is 0.672. The number of nitrogens with one attached hydrogen (secondary N) is 1. The first-order chi connectivity index (χ1) is 6.67. The van der Waals surface area contributed by atoms with Crippen molar-refractivity contribution in [1.29, 1.82) is 0 Å². The average Bonchev–Trinajstić information content (AvgIpc) is 2.19. The van der Waals surface area contributed by atoms with Crippen LogP contribution in [0.5, 0.6) is 0 Å². The summed E-state index contributed by atoms with van der Waals surface area (Å²) in [5.74, 6) is 0. The highest BCUT2D eigenvalue weighted by atomic mass is 35.5. The topological polar surface area (TPSA) is 12.0 Å². The predicted molar refractivity (Wildman–Crippen MR) is 64.2 cm³/mol. The smallest absolute Gasteiger partial charge is 0.0436 e. The van der Waals surface area contributed by atoms with Crippen LogP contribution < -0.4 is 5.32 Å². The Morgan fingerprint density at radius 2 is 1.93 bits per heavy atom. The second kappa shape index (κ2) is 5.26. The van der Waals surface area contributed by atoms with Crippen molar-refractivity contribution < 1.29 is 0 Å². The maximum absolute atomic E-state index is 5.96. The molecule has 0 fully saturated rings. The molecule has 0 aromatic heterocycles. The molecule has 0 unspecified atom stereocenters. The van der Waals surface area contributed by atoms with Gasteiger partial charge in [-0.3, -0.25) is 0 Å². The van der Waals surface area contributed by atoms with Crippen LogP contribution in [0.3, 0.4) is 0 Å². The summed E-state index contributed by atoms with van der Waals surface area (Å²) in [6.07, 6.45) is 2.30. The molecule has 1 nitrogen and oxygen atoms in total. The van der Waals surface area contributed by atoms with Gasteiger partial charge in [-0.2, -0.15) is 0 Å². The fourth-order valence-corrected chi connectivity index (χ4v) is 1.58. The van der Waals surface area contributed by atoms with Gasteiger partial charge in [-0.15, -0.1) is 0 Å². The highest BCUT2D eigenvalue weighted by Gasteiger charge is 2.03. The Kier molecular flexibility index (Phi) is 4.27. The largest absolute Gasteiger partial charge is 0.382 e. The first kappa shape index (κ1) is 11.4. The molecule has 0 aliphatic heterocycles. The lowest BCUT2D eigenvalue weighted by atomic mass is 10.1. The van der Waals surface area contributed by atoms with Crippen molar-refractivity contribution in [3.8, 4) is 0 Å². The number of benzene rings is 1. The van der Waals surface area contributed by atoms with Gasteiger partial charge in [-0.05, 0) is 43.5 Å². The Morgan fingerprint density at radius 1 is 1.29 bits per heavy atom. The van der Waals surface area contributed by atoms with E-state index in [1.54, 1.807) is 0 Å². The fraction of sp³-hybridized carbons (Fsp3) is 0.500. The van der Waals surface area contributed by atoms with Crippen molar-refractivity contribution in [3.05, 3.63) is 28.8 Å². The van der Waals surface area contributed by atoms with E-state index < -0.39 is 0 Å². The second-order valence-corrected chi connectivity index (χ2v) is 4.03. The van der Waals surface area contributed by atoms with Crippen LogP contribution in [0.1, 0.15) is 32.3 Å². The van der Waals surface area contributed by atoms with Gasteiger partial charge in [0.05, 0.1) is 0 Å². The lowest BCUT2D eigenvalue weighted by Crippen LogP contribution is -2.16. The Morgan fingerprint density at radius 3 is 2.43 bits per heavy atom. The van der Waals surface area contributed by atoms with Crippen molar-refractivity contribution in [3.63, 3.8) is 0 Å². The zero-order valence-corrected chi connectivity index (χ0v) is 9.86. The summed E-state index contributed by atoms with van der Waals surface area (Å²) in [4.78, 5) is 0. The third kappa shape index (κ3) is 2.91. The van der Waals surface area contributed by atoms with E-state index >= 15 is 0 Å². The van der Waals surface area contributed by atoms with Crippen LogP contribution in [0.15, 0.2) is 18.2 Å². The van der Waals surface area contributed by atoms with E-state index in [9.17, 15) is 0 Å². The fourth-order valence-electron chi connectivity index (χ4n) is 1.46. The predicted octanol–water partition coefficient (Wildman–Crippen LogP) is 4.25. The monoisotopic (exact) mass is 211 g/mol. The van der Waals surface area contributed by atoms with E-state index in [4.69, 9.17) is 11.6 Å². The van der Waals surface area contributed by atoms with Crippen molar-refractivity contribution in [2.24, 2.45) is 0 Å². The van der Waals surface area contributed by atoms with Gasteiger partial charge in [0.25, 0.3) is 0 Å². The van der Waals surface area contributed by atoms with Crippen molar-refractivity contribution >= 4 is 17.3 Å². The molecular formula is C12H18ClN. The van der Waals surface area contributed by atoms with E-state index in [0.717, 1.165) is 23.4 Å². The number of anilines is 1. The Labute approximate surface area is 91.5 Å². The van der Waals surface area contributed by atoms with Gasteiger partial charge in [0.1, 0.15) is 0 Å². The van der Waals surface area contributed by atoms with E-state index in [-0.39, 0.29) is 0 Å². The minimum Gasteiger partial charge on any atom is -0.382 e. The second-order valence-electron chi connectivity index (χ2n) is 3.62. The minimum absolute atomic E-state index is 0.565. The molecule has 1 aromatic carbocycles. The molecule has 0 radical (unpaired) electrons. The molecule has 0 saturated carbocycles. The standard InChI is InChI=1S/C12H18ClN/c1-4-10(5-2)14-11-6-7-12(13)9(3)8-11/h6-8,10,14H,4-5H2,1-3H3. The van der Waals surface area contributed by atoms with E-state index in [0.29, 0.717) is 6.04 Å². The molecule has 0 heterocycles. The van der Waals surface area contributed by atoms with Crippen LogP contribution >= 0.6 is 11.6 Å². The maximum atomic E-state index is 5.96. The summed E-state index contributed by atoms with van der Waals surface area (Å²) in [7, 11) is 0. The summed E-state index contributed by atoms with van der Waals surface area (Å²) in [5, 5.41) is 4.32. The van der Waals surface area contributed by atoms with Gasteiger partial charge >= 0.3 is 0 Å². The number of hydrogen-bond acceptors (Lipinski definition) is 1.